The highest BCUT2D eigenvalue weighted by Gasteiger charge is 2.49. The molecule has 0 spiro atoms. The standard InChI is InChI=1S/C18H31NOS/c1-7-10-19-15(16-13(8-2)9-11-21-16)14-12-17(3,4)20-18(14,5)6/h9,11,14-15,19H,7-8,10,12H2,1-6H3. The van der Waals surface area contributed by atoms with Crippen LogP contribution >= 0.6 is 11.3 Å². The van der Waals surface area contributed by atoms with E-state index in [0.717, 1.165) is 19.4 Å². The smallest absolute Gasteiger partial charge is 0.0681 e. The fourth-order valence-electron chi connectivity index (χ4n) is 3.75. The van der Waals surface area contributed by atoms with Crippen LogP contribution in [0.4, 0.5) is 0 Å². The van der Waals surface area contributed by atoms with Gasteiger partial charge in [0.1, 0.15) is 0 Å². The van der Waals surface area contributed by atoms with Gasteiger partial charge in [0.05, 0.1) is 11.2 Å². The second-order valence-electron chi connectivity index (χ2n) is 7.37. The molecule has 3 heteroatoms. The van der Waals surface area contributed by atoms with E-state index in [1.165, 1.54) is 16.9 Å². The molecule has 21 heavy (non-hydrogen) atoms. The number of hydrogen-bond donors (Lipinski definition) is 1. The lowest BCUT2D eigenvalue weighted by Gasteiger charge is -2.33. The average molecular weight is 310 g/mol. The molecule has 0 saturated carbocycles. The zero-order valence-electron chi connectivity index (χ0n) is 14.5. The Balaban J connectivity index is 2.32. The van der Waals surface area contributed by atoms with Gasteiger partial charge in [0.25, 0.3) is 0 Å². The molecule has 1 aromatic rings. The predicted molar refractivity (Wildman–Crippen MR) is 92.1 cm³/mol. The third-order valence-corrected chi connectivity index (χ3v) is 5.65. The van der Waals surface area contributed by atoms with Gasteiger partial charge in [-0.2, -0.15) is 0 Å². The first-order chi connectivity index (χ1) is 9.80. The number of nitrogens with one attached hydrogen (secondary N) is 1. The van der Waals surface area contributed by atoms with Crippen LogP contribution in [0, 0.1) is 5.92 Å². The second-order valence-corrected chi connectivity index (χ2v) is 8.32. The van der Waals surface area contributed by atoms with Crippen molar-refractivity contribution in [2.24, 2.45) is 5.92 Å². The van der Waals surface area contributed by atoms with E-state index in [1.807, 2.05) is 11.3 Å². The second kappa shape index (κ2) is 6.39. The summed E-state index contributed by atoms with van der Waals surface area (Å²) in [6.45, 7) is 14.5. The van der Waals surface area contributed by atoms with Crippen molar-refractivity contribution in [2.75, 3.05) is 6.54 Å². The minimum Gasteiger partial charge on any atom is -0.369 e. The average Bonchev–Trinajstić information content (AvgIpc) is 2.92. The topological polar surface area (TPSA) is 21.3 Å². The van der Waals surface area contributed by atoms with Crippen LogP contribution in [0.25, 0.3) is 0 Å². The lowest BCUT2D eigenvalue weighted by Crippen LogP contribution is -2.38. The molecule has 0 aliphatic carbocycles. The summed E-state index contributed by atoms with van der Waals surface area (Å²) in [4.78, 5) is 1.52. The summed E-state index contributed by atoms with van der Waals surface area (Å²) in [6, 6.07) is 2.70. The summed E-state index contributed by atoms with van der Waals surface area (Å²) in [5.74, 6) is 0.517. The van der Waals surface area contributed by atoms with Gasteiger partial charge in [0.15, 0.2) is 0 Å². The van der Waals surface area contributed by atoms with E-state index < -0.39 is 0 Å². The highest BCUT2D eigenvalue weighted by atomic mass is 32.1. The predicted octanol–water partition coefficient (Wildman–Crippen LogP) is 4.94. The van der Waals surface area contributed by atoms with Gasteiger partial charge in [-0.3, -0.25) is 0 Å². The molecule has 1 aliphatic rings. The molecule has 2 rings (SSSR count). The van der Waals surface area contributed by atoms with Crippen LogP contribution in [-0.2, 0) is 11.2 Å². The number of ether oxygens (including phenoxy) is 1. The Morgan fingerprint density at radius 2 is 2.05 bits per heavy atom. The zero-order chi connectivity index (χ0) is 15.7. The van der Waals surface area contributed by atoms with Crippen molar-refractivity contribution >= 4 is 11.3 Å². The molecule has 2 heterocycles. The number of hydrogen-bond acceptors (Lipinski definition) is 3. The van der Waals surface area contributed by atoms with Gasteiger partial charge in [0.2, 0.25) is 0 Å². The van der Waals surface area contributed by atoms with E-state index in [1.54, 1.807) is 0 Å². The lowest BCUT2D eigenvalue weighted by atomic mass is 9.80. The van der Waals surface area contributed by atoms with Gasteiger partial charge in [-0.05, 0) is 70.5 Å². The maximum Gasteiger partial charge on any atom is 0.0681 e. The molecule has 2 atom stereocenters. The number of aryl methyl sites for hydroxylation is 1. The third-order valence-electron chi connectivity index (χ3n) is 4.60. The summed E-state index contributed by atoms with van der Waals surface area (Å²) in [5.41, 5.74) is 1.39. The van der Waals surface area contributed by atoms with Crippen molar-refractivity contribution < 1.29 is 4.74 Å². The minimum atomic E-state index is -0.0795. The Morgan fingerprint density at radius 1 is 1.33 bits per heavy atom. The van der Waals surface area contributed by atoms with Crippen molar-refractivity contribution in [3.8, 4) is 0 Å². The van der Waals surface area contributed by atoms with Gasteiger partial charge >= 0.3 is 0 Å². The molecule has 0 aromatic carbocycles. The van der Waals surface area contributed by atoms with Crippen LogP contribution in [0.15, 0.2) is 11.4 Å². The van der Waals surface area contributed by atoms with E-state index >= 15 is 0 Å². The van der Waals surface area contributed by atoms with E-state index in [2.05, 4.69) is 58.3 Å². The van der Waals surface area contributed by atoms with Crippen molar-refractivity contribution in [1.82, 2.24) is 5.32 Å². The molecule has 0 amide bonds. The summed E-state index contributed by atoms with van der Waals surface area (Å²) >= 11 is 1.90. The van der Waals surface area contributed by atoms with E-state index in [0.29, 0.717) is 12.0 Å². The normalized spacial score (nSPS) is 25.1. The Hall–Kier alpha value is -0.380. The molecule has 1 aromatic heterocycles. The van der Waals surface area contributed by atoms with Gasteiger partial charge in [-0.1, -0.05) is 13.8 Å². The Bertz CT molecular complexity index is 464. The first-order valence-corrected chi connectivity index (χ1v) is 9.18. The minimum absolute atomic E-state index is 0.0239. The summed E-state index contributed by atoms with van der Waals surface area (Å²) < 4.78 is 6.35. The SMILES string of the molecule is CCCNC(c1sccc1CC)C1CC(C)(C)OC1(C)C. The molecular formula is C18H31NOS. The van der Waals surface area contributed by atoms with Gasteiger partial charge in [-0.15, -0.1) is 11.3 Å². The maximum absolute atomic E-state index is 6.35. The van der Waals surface area contributed by atoms with E-state index in [4.69, 9.17) is 4.74 Å². The van der Waals surface area contributed by atoms with Crippen LogP contribution in [0.3, 0.4) is 0 Å². The van der Waals surface area contributed by atoms with Gasteiger partial charge < -0.3 is 10.1 Å². The first kappa shape index (κ1) is 17.0. The number of rotatable bonds is 6. The Morgan fingerprint density at radius 3 is 2.57 bits per heavy atom. The summed E-state index contributed by atoms with van der Waals surface area (Å²) in [6.07, 6.45) is 3.39. The molecule has 1 fully saturated rings. The molecule has 1 aliphatic heterocycles. The monoisotopic (exact) mass is 309 g/mol. The lowest BCUT2D eigenvalue weighted by molar-refractivity contribution is -0.0777. The van der Waals surface area contributed by atoms with E-state index in [-0.39, 0.29) is 11.2 Å². The van der Waals surface area contributed by atoms with Crippen LogP contribution < -0.4 is 5.32 Å². The fraction of sp³-hybridized carbons (Fsp3) is 0.778. The molecular weight excluding hydrogens is 278 g/mol. The highest BCUT2D eigenvalue weighted by molar-refractivity contribution is 7.10. The quantitative estimate of drug-likeness (QED) is 0.803. The van der Waals surface area contributed by atoms with Crippen molar-refractivity contribution in [3.05, 3.63) is 21.9 Å². The van der Waals surface area contributed by atoms with Crippen molar-refractivity contribution in [2.45, 2.75) is 78.0 Å². The van der Waals surface area contributed by atoms with Crippen molar-refractivity contribution in [3.63, 3.8) is 0 Å². The molecule has 120 valence electrons. The molecule has 2 unspecified atom stereocenters. The first-order valence-electron chi connectivity index (χ1n) is 8.30. The Kier molecular flexibility index (Phi) is 5.17. The van der Waals surface area contributed by atoms with Crippen LogP contribution in [0.1, 0.15) is 70.9 Å². The molecule has 1 N–H and O–H groups in total. The van der Waals surface area contributed by atoms with Crippen molar-refractivity contribution in [1.29, 1.82) is 0 Å². The van der Waals surface area contributed by atoms with Crippen LogP contribution in [0.2, 0.25) is 0 Å². The molecule has 2 nitrogen and oxygen atoms in total. The highest BCUT2D eigenvalue weighted by Crippen LogP contribution is 2.49. The van der Waals surface area contributed by atoms with Gasteiger partial charge in [0, 0.05) is 16.8 Å². The van der Waals surface area contributed by atoms with Crippen LogP contribution in [0.5, 0.6) is 0 Å². The van der Waals surface area contributed by atoms with Gasteiger partial charge in [-0.25, -0.2) is 0 Å². The summed E-state index contributed by atoms with van der Waals surface area (Å²) in [5, 5.41) is 6.05. The fourth-order valence-corrected chi connectivity index (χ4v) is 4.89. The largest absolute Gasteiger partial charge is 0.369 e. The maximum atomic E-state index is 6.35. The Labute approximate surface area is 134 Å². The number of thiophene rings is 1. The molecule has 0 radical (unpaired) electrons. The van der Waals surface area contributed by atoms with E-state index in [9.17, 15) is 0 Å². The van der Waals surface area contributed by atoms with Crippen LogP contribution in [-0.4, -0.2) is 17.7 Å². The molecule has 1 saturated heterocycles. The summed E-state index contributed by atoms with van der Waals surface area (Å²) in [7, 11) is 0. The third kappa shape index (κ3) is 3.69. The zero-order valence-corrected chi connectivity index (χ0v) is 15.3. The molecule has 0 bridgehead atoms.